The molecular formula is C17H23F2IN4O2. The summed E-state index contributed by atoms with van der Waals surface area (Å²) in [4.78, 5) is 8.66. The highest BCUT2D eigenvalue weighted by Crippen LogP contribution is 2.15. The zero-order valence-corrected chi connectivity index (χ0v) is 17.3. The third-order valence-corrected chi connectivity index (χ3v) is 3.34. The van der Waals surface area contributed by atoms with Gasteiger partial charge in [0.1, 0.15) is 24.7 Å². The largest absolute Gasteiger partial charge is 0.492 e. The van der Waals surface area contributed by atoms with Gasteiger partial charge in [0.05, 0.1) is 12.2 Å². The first kappa shape index (κ1) is 22.1. The topological polar surface area (TPSA) is 71.7 Å². The van der Waals surface area contributed by atoms with Crippen LogP contribution in [0.1, 0.15) is 24.3 Å². The Morgan fingerprint density at radius 2 is 2.00 bits per heavy atom. The number of hydrogen-bond acceptors (Lipinski definition) is 4. The van der Waals surface area contributed by atoms with Gasteiger partial charge >= 0.3 is 0 Å². The van der Waals surface area contributed by atoms with E-state index in [9.17, 15) is 8.78 Å². The van der Waals surface area contributed by atoms with Crippen molar-refractivity contribution in [2.24, 2.45) is 4.99 Å². The number of ether oxygens (including phenoxy) is 1. The van der Waals surface area contributed by atoms with E-state index in [1.807, 2.05) is 20.8 Å². The predicted octanol–water partition coefficient (Wildman–Crippen LogP) is 3.32. The summed E-state index contributed by atoms with van der Waals surface area (Å²) in [6.07, 6.45) is 0. The summed E-state index contributed by atoms with van der Waals surface area (Å²) in [5.41, 5.74) is 0.850. The highest BCUT2D eigenvalue weighted by molar-refractivity contribution is 14.0. The molecule has 0 fully saturated rings. The van der Waals surface area contributed by atoms with E-state index in [-0.39, 0.29) is 36.3 Å². The molecule has 2 aromatic rings. The van der Waals surface area contributed by atoms with E-state index >= 15 is 0 Å². The number of rotatable bonds is 7. The normalized spacial score (nSPS) is 11.0. The lowest BCUT2D eigenvalue weighted by Crippen LogP contribution is -2.39. The molecule has 2 N–H and O–H groups in total. The summed E-state index contributed by atoms with van der Waals surface area (Å²) in [5.74, 6) is 0.354. The van der Waals surface area contributed by atoms with E-state index in [0.717, 1.165) is 23.6 Å². The first-order chi connectivity index (χ1) is 12.0. The summed E-state index contributed by atoms with van der Waals surface area (Å²) < 4.78 is 36.8. The molecule has 1 heterocycles. The van der Waals surface area contributed by atoms with Gasteiger partial charge in [-0.25, -0.2) is 18.8 Å². The Morgan fingerprint density at radius 3 is 2.62 bits per heavy atom. The maximum absolute atomic E-state index is 13.1. The van der Waals surface area contributed by atoms with Crippen molar-refractivity contribution < 1.29 is 17.9 Å². The minimum absolute atomic E-state index is 0. The summed E-state index contributed by atoms with van der Waals surface area (Å²) in [5, 5.41) is 6.18. The molecule has 0 saturated carbocycles. The summed E-state index contributed by atoms with van der Waals surface area (Å²) >= 11 is 0. The molecule has 0 aliphatic rings. The number of benzene rings is 1. The second kappa shape index (κ2) is 10.9. The SMILES string of the molecule is CCNC(=NCc1nc(C)c(C)o1)NCCOc1ccc(F)c(F)c1.I. The summed E-state index contributed by atoms with van der Waals surface area (Å²) in [7, 11) is 0. The van der Waals surface area contributed by atoms with Crippen molar-refractivity contribution in [2.45, 2.75) is 27.3 Å². The molecule has 6 nitrogen and oxygen atoms in total. The average Bonchev–Trinajstić information content (AvgIpc) is 2.90. The molecule has 2 rings (SSSR count). The van der Waals surface area contributed by atoms with Crippen molar-refractivity contribution in [2.75, 3.05) is 19.7 Å². The number of nitrogens with zero attached hydrogens (tertiary/aromatic N) is 2. The molecule has 0 aliphatic heterocycles. The van der Waals surface area contributed by atoms with E-state index in [0.29, 0.717) is 31.5 Å². The van der Waals surface area contributed by atoms with Crippen molar-refractivity contribution >= 4 is 29.9 Å². The second-order valence-corrected chi connectivity index (χ2v) is 5.30. The van der Waals surface area contributed by atoms with E-state index in [1.165, 1.54) is 6.07 Å². The number of aliphatic imine (C=N–C) groups is 1. The van der Waals surface area contributed by atoms with Gasteiger partial charge in [0.2, 0.25) is 5.89 Å². The lowest BCUT2D eigenvalue weighted by Gasteiger charge is -2.11. The number of aryl methyl sites for hydroxylation is 2. The lowest BCUT2D eigenvalue weighted by atomic mass is 10.3. The Hall–Kier alpha value is -1.91. The van der Waals surface area contributed by atoms with Crippen LogP contribution in [0.4, 0.5) is 8.78 Å². The average molecular weight is 480 g/mol. The fourth-order valence-electron chi connectivity index (χ4n) is 2.00. The quantitative estimate of drug-likeness (QED) is 0.276. The number of hydrogen-bond donors (Lipinski definition) is 2. The van der Waals surface area contributed by atoms with E-state index in [4.69, 9.17) is 9.15 Å². The van der Waals surface area contributed by atoms with Crippen molar-refractivity contribution in [1.29, 1.82) is 0 Å². The van der Waals surface area contributed by atoms with E-state index in [1.54, 1.807) is 0 Å². The Bertz CT molecular complexity index is 718. The fourth-order valence-corrected chi connectivity index (χ4v) is 2.00. The highest BCUT2D eigenvalue weighted by atomic mass is 127. The Morgan fingerprint density at radius 1 is 1.23 bits per heavy atom. The molecule has 1 aromatic carbocycles. The molecule has 0 spiro atoms. The number of guanidine groups is 1. The van der Waals surface area contributed by atoms with Crippen LogP contribution < -0.4 is 15.4 Å². The summed E-state index contributed by atoms with van der Waals surface area (Å²) in [6, 6.07) is 3.43. The number of halogens is 3. The highest BCUT2D eigenvalue weighted by Gasteiger charge is 2.06. The maximum atomic E-state index is 13.1. The predicted molar refractivity (Wildman–Crippen MR) is 106 cm³/mol. The Labute approximate surface area is 168 Å². The van der Waals surface area contributed by atoms with Crippen LogP contribution in [0.3, 0.4) is 0 Å². The zero-order chi connectivity index (χ0) is 18.2. The van der Waals surface area contributed by atoms with Gasteiger partial charge in [-0.05, 0) is 32.9 Å². The first-order valence-corrected chi connectivity index (χ1v) is 8.02. The molecule has 144 valence electrons. The van der Waals surface area contributed by atoms with Gasteiger partial charge in [-0.3, -0.25) is 0 Å². The van der Waals surface area contributed by atoms with Crippen LogP contribution >= 0.6 is 24.0 Å². The van der Waals surface area contributed by atoms with Gasteiger partial charge in [-0.2, -0.15) is 0 Å². The monoisotopic (exact) mass is 480 g/mol. The maximum Gasteiger partial charge on any atom is 0.216 e. The Balaban J connectivity index is 0.00000338. The fraction of sp³-hybridized carbons (Fsp3) is 0.412. The molecule has 0 radical (unpaired) electrons. The summed E-state index contributed by atoms with van der Waals surface area (Å²) in [6.45, 7) is 7.41. The molecule has 0 unspecified atom stereocenters. The number of aromatic nitrogens is 1. The van der Waals surface area contributed by atoms with Crippen molar-refractivity contribution in [3.63, 3.8) is 0 Å². The van der Waals surface area contributed by atoms with E-state index < -0.39 is 11.6 Å². The van der Waals surface area contributed by atoms with Crippen LogP contribution in [0.15, 0.2) is 27.6 Å². The molecule has 0 aliphatic carbocycles. The standard InChI is InChI=1S/C17H22F2N4O2.HI/c1-4-20-17(22-10-16-23-11(2)12(3)25-16)21-7-8-24-13-5-6-14(18)15(19)9-13;/h5-6,9H,4,7-8,10H2,1-3H3,(H2,20,21,22);1H. The van der Waals surface area contributed by atoms with Gasteiger partial charge in [0, 0.05) is 12.6 Å². The van der Waals surface area contributed by atoms with Gasteiger partial charge in [0.15, 0.2) is 17.6 Å². The molecular weight excluding hydrogens is 457 g/mol. The second-order valence-electron chi connectivity index (χ2n) is 5.30. The molecule has 0 amide bonds. The molecule has 1 aromatic heterocycles. The molecule has 0 saturated heterocycles. The van der Waals surface area contributed by atoms with Crippen LogP contribution in [-0.2, 0) is 6.54 Å². The Kier molecular flexibility index (Phi) is 9.31. The lowest BCUT2D eigenvalue weighted by molar-refractivity contribution is 0.318. The van der Waals surface area contributed by atoms with Crippen LogP contribution in [0.2, 0.25) is 0 Å². The van der Waals surface area contributed by atoms with Crippen molar-refractivity contribution in [3.05, 3.63) is 47.2 Å². The smallest absolute Gasteiger partial charge is 0.216 e. The first-order valence-electron chi connectivity index (χ1n) is 8.02. The van der Waals surface area contributed by atoms with Crippen LogP contribution in [0, 0.1) is 25.5 Å². The minimum Gasteiger partial charge on any atom is -0.492 e. The molecule has 0 bridgehead atoms. The van der Waals surface area contributed by atoms with E-state index in [2.05, 4.69) is 20.6 Å². The van der Waals surface area contributed by atoms with Crippen molar-refractivity contribution in [1.82, 2.24) is 15.6 Å². The zero-order valence-electron chi connectivity index (χ0n) is 14.9. The van der Waals surface area contributed by atoms with Crippen molar-refractivity contribution in [3.8, 4) is 5.75 Å². The molecule has 9 heteroatoms. The van der Waals surface area contributed by atoms with Gasteiger partial charge in [0.25, 0.3) is 0 Å². The molecule has 26 heavy (non-hydrogen) atoms. The van der Waals surface area contributed by atoms with Gasteiger partial charge in [-0.15, -0.1) is 24.0 Å². The third-order valence-electron chi connectivity index (χ3n) is 3.34. The van der Waals surface area contributed by atoms with Crippen LogP contribution in [0.25, 0.3) is 0 Å². The number of oxazole rings is 1. The third kappa shape index (κ3) is 6.77. The number of nitrogens with one attached hydrogen (secondary N) is 2. The van der Waals surface area contributed by atoms with Crippen LogP contribution in [-0.4, -0.2) is 30.6 Å². The van der Waals surface area contributed by atoms with Gasteiger partial charge in [-0.1, -0.05) is 0 Å². The molecule has 0 atom stereocenters. The van der Waals surface area contributed by atoms with Gasteiger partial charge < -0.3 is 19.8 Å². The van der Waals surface area contributed by atoms with Crippen LogP contribution in [0.5, 0.6) is 5.75 Å². The minimum atomic E-state index is -0.933.